The third-order valence-corrected chi connectivity index (χ3v) is 2.76. The molecule has 98 valence electrons. The fourth-order valence-corrected chi connectivity index (χ4v) is 1.78. The molecular formula is C14H31NO. The van der Waals surface area contributed by atoms with E-state index < -0.39 is 0 Å². The van der Waals surface area contributed by atoms with Crippen LogP contribution in [0.4, 0.5) is 0 Å². The van der Waals surface area contributed by atoms with E-state index in [4.69, 9.17) is 4.74 Å². The van der Waals surface area contributed by atoms with Gasteiger partial charge >= 0.3 is 0 Å². The number of hydrogen-bond donors (Lipinski definition) is 1. The molecule has 0 saturated carbocycles. The van der Waals surface area contributed by atoms with Crippen LogP contribution < -0.4 is 5.32 Å². The van der Waals surface area contributed by atoms with Crippen molar-refractivity contribution >= 4 is 0 Å². The van der Waals surface area contributed by atoms with Gasteiger partial charge in [-0.15, -0.1) is 0 Å². The topological polar surface area (TPSA) is 21.3 Å². The largest absolute Gasteiger partial charge is 0.377 e. The molecule has 1 unspecified atom stereocenters. The summed E-state index contributed by atoms with van der Waals surface area (Å²) in [4.78, 5) is 0. The van der Waals surface area contributed by atoms with E-state index in [0.717, 1.165) is 19.7 Å². The average molecular weight is 229 g/mol. The first kappa shape index (κ1) is 15.9. The summed E-state index contributed by atoms with van der Waals surface area (Å²) in [7, 11) is 0. The molecule has 0 spiro atoms. The molecule has 0 fully saturated rings. The average Bonchev–Trinajstić information content (AvgIpc) is 2.29. The minimum atomic E-state index is 0.429. The lowest BCUT2D eigenvalue weighted by molar-refractivity contribution is 0.0447. The van der Waals surface area contributed by atoms with Crippen LogP contribution in [-0.2, 0) is 4.74 Å². The van der Waals surface area contributed by atoms with Gasteiger partial charge in [0.2, 0.25) is 0 Å². The van der Waals surface area contributed by atoms with Gasteiger partial charge in [-0.2, -0.15) is 0 Å². The number of unbranched alkanes of at least 4 members (excludes halogenated alkanes) is 3. The fourth-order valence-electron chi connectivity index (χ4n) is 1.78. The molecule has 2 heteroatoms. The standard InChI is InChI=1S/C14H31NO/c1-4-7-8-9-12-16-14(10-5-2)13-15-11-6-3/h14-15H,4-13H2,1-3H3. The minimum Gasteiger partial charge on any atom is -0.377 e. The molecule has 0 aliphatic heterocycles. The van der Waals surface area contributed by atoms with Crippen molar-refractivity contribution in [1.82, 2.24) is 5.32 Å². The van der Waals surface area contributed by atoms with Crippen molar-refractivity contribution in [3.05, 3.63) is 0 Å². The Hall–Kier alpha value is -0.0800. The summed E-state index contributed by atoms with van der Waals surface area (Å²) in [6, 6.07) is 0. The first-order valence-electron chi connectivity index (χ1n) is 7.17. The number of nitrogens with one attached hydrogen (secondary N) is 1. The smallest absolute Gasteiger partial charge is 0.0699 e. The third-order valence-electron chi connectivity index (χ3n) is 2.76. The molecule has 1 N–H and O–H groups in total. The third kappa shape index (κ3) is 10.4. The van der Waals surface area contributed by atoms with Gasteiger partial charge < -0.3 is 10.1 Å². The van der Waals surface area contributed by atoms with E-state index in [9.17, 15) is 0 Å². The Balaban J connectivity index is 3.43. The molecule has 16 heavy (non-hydrogen) atoms. The van der Waals surface area contributed by atoms with Gasteiger partial charge in [0.1, 0.15) is 0 Å². The first-order valence-corrected chi connectivity index (χ1v) is 7.17. The molecule has 0 aliphatic carbocycles. The predicted octanol–water partition coefficient (Wildman–Crippen LogP) is 3.75. The Morgan fingerprint density at radius 3 is 2.38 bits per heavy atom. The van der Waals surface area contributed by atoms with E-state index in [0.29, 0.717) is 6.10 Å². The summed E-state index contributed by atoms with van der Waals surface area (Å²) in [5.41, 5.74) is 0. The van der Waals surface area contributed by atoms with Crippen LogP contribution in [0.1, 0.15) is 65.7 Å². The van der Waals surface area contributed by atoms with Gasteiger partial charge in [0.15, 0.2) is 0 Å². The molecule has 0 heterocycles. The highest BCUT2D eigenvalue weighted by Gasteiger charge is 2.06. The van der Waals surface area contributed by atoms with Crippen LogP contribution in [0.2, 0.25) is 0 Å². The molecule has 2 nitrogen and oxygen atoms in total. The summed E-state index contributed by atoms with van der Waals surface area (Å²) < 4.78 is 5.91. The lowest BCUT2D eigenvalue weighted by atomic mass is 10.2. The lowest BCUT2D eigenvalue weighted by Crippen LogP contribution is -2.30. The molecule has 0 radical (unpaired) electrons. The number of hydrogen-bond acceptors (Lipinski definition) is 2. The second-order valence-corrected chi connectivity index (χ2v) is 4.55. The summed E-state index contributed by atoms with van der Waals surface area (Å²) in [6.07, 6.45) is 9.22. The maximum Gasteiger partial charge on any atom is 0.0699 e. The van der Waals surface area contributed by atoms with Gasteiger partial charge in [-0.25, -0.2) is 0 Å². The first-order chi connectivity index (χ1) is 7.85. The van der Waals surface area contributed by atoms with Crippen molar-refractivity contribution in [3.8, 4) is 0 Å². The van der Waals surface area contributed by atoms with E-state index in [1.54, 1.807) is 0 Å². The normalized spacial score (nSPS) is 12.9. The lowest BCUT2D eigenvalue weighted by Gasteiger charge is -2.17. The van der Waals surface area contributed by atoms with E-state index in [1.807, 2.05) is 0 Å². The number of ether oxygens (including phenoxy) is 1. The van der Waals surface area contributed by atoms with Crippen molar-refractivity contribution in [2.24, 2.45) is 0 Å². The van der Waals surface area contributed by atoms with Gasteiger partial charge in [-0.3, -0.25) is 0 Å². The molecule has 0 aromatic rings. The molecule has 0 aliphatic rings. The maximum absolute atomic E-state index is 5.91. The Bertz CT molecular complexity index is 128. The van der Waals surface area contributed by atoms with Crippen LogP contribution >= 0.6 is 0 Å². The molecule has 0 amide bonds. The highest BCUT2D eigenvalue weighted by atomic mass is 16.5. The van der Waals surface area contributed by atoms with Crippen molar-refractivity contribution in [2.45, 2.75) is 71.8 Å². The molecule has 0 aromatic heterocycles. The van der Waals surface area contributed by atoms with Crippen LogP contribution in [0, 0.1) is 0 Å². The highest BCUT2D eigenvalue weighted by Crippen LogP contribution is 2.05. The Morgan fingerprint density at radius 1 is 0.938 bits per heavy atom. The predicted molar refractivity (Wildman–Crippen MR) is 72.0 cm³/mol. The van der Waals surface area contributed by atoms with Gasteiger partial charge in [-0.1, -0.05) is 46.5 Å². The monoisotopic (exact) mass is 229 g/mol. The van der Waals surface area contributed by atoms with Crippen LogP contribution in [-0.4, -0.2) is 25.8 Å². The Labute approximate surface area is 102 Å². The zero-order chi connectivity index (χ0) is 12.1. The summed E-state index contributed by atoms with van der Waals surface area (Å²) in [6.45, 7) is 9.75. The molecule has 1 atom stereocenters. The Morgan fingerprint density at radius 2 is 1.75 bits per heavy atom. The highest BCUT2D eigenvalue weighted by molar-refractivity contribution is 4.61. The van der Waals surface area contributed by atoms with Gasteiger partial charge in [-0.05, 0) is 25.8 Å². The van der Waals surface area contributed by atoms with Crippen molar-refractivity contribution in [3.63, 3.8) is 0 Å². The van der Waals surface area contributed by atoms with Crippen molar-refractivity contribution < 1.29 is 4.74 Å². The second-order valence-electron chi connectivity index (χ2n) is 4.55. The zero-order valence-corrected chi connectivity index (χ0v) is 11.6. The minimum absolute atomic E-state index is 0.429. The van der Waals surface area contributed by atoms with Crippen LogP contribution in [0.3, 0.4) is 0 Å². The summed E-state index contributed by atoms with van der Waals surface area (Å²) >= 11 is 0. The van der Waals surface area contributed by atoms with Crippen molar-refractivity contribution in [2.75, 3.05) is 19.7 Å². The second kappa shape index (κ2) is 13.0. The van der Waals surface area contributed by atoms with Crippen LogP contribution in [0.5, 0.6) is 0 Å². The molecule has 0 saturated heterocycles. The van der Waals surface area contributed by atoms with E-state index >= 15 is 0 Å². The maximum atomic E-state index is 5.91. The van der Waals surface area contributed by atoms with Gasteiger partial charge in [0.25, 0.3) is 0 Å². The molecule has 0 bridgehead atoms. The quantitative estimate of drug-likeness (QED) is 0.515. The van der Waals surface area contributed by atoms with E-state index in [-0.39, 0.29) is 0 Å². The Kier molecular flexibility index (Phi) is 12.9. The molecular weight excluding hydrogens is 198 g/mol. The van der Waals surface area contributed by atoms with Gasteiger partial charge in [0, 0.05) is 13.2 Å². The van der Waals surface area contributed by atoms with Crippen molar-refractivity contribution in [1.29, 1.82) is 0 Å². The zero-order valence-electron chi connectivity index (χ0n) is 11.6. The van der Waals surface area contributed by atoms with E-state index in [2.05, 4.69) is 26.1 Å². The molecule has 0 aromatic carbocycles. The van der Waals surface area contributed by atoms with E-state index in [1.165, 1.54) is 44.9 Å². The fraction of sp³-hybridized carbons (Fsp3) is 1.00. The van der Waals surface area contributed by atoms with Gasteiger partial charge in [0.05, 0.1) is 6.10 Å². The summed E-state index contributed by atoms with van der Waals surface area (Å²) in [5.74, 6) is 0. The van der Waals surface area contributed by atoms with Crippen LogP contribution in [0.25, 0.3) is 0 Å². The summed E-state index contributed by atoms with van der Waals surface area (Å²) in [5, 5.41) is 3.45. The number of rotatable bonds is 12. The SMILES string of the molecule is CCCCCCOC(CCC)CNCCC. The molecule has 0 rings (SSSR count). The van der Waals surface area contributed by atoms with Crippen LogP contribution in [0.15, 0.2) is 0 Å².